The molecule has 5 aliphatic carbocycles. The van der Waals surface area contributed by atoms with Gasteiger partial charge in [0.2, 0.25) is 5.91 Å². The summed E-state index contributed by atoms with van der Waals surface area (Å²) in [5.41, 5.74) is 1.73. The summed E-state index contributed by atoms with van der Waals surface area (Å²) < 4.78 is 0. The van der Waals surface area contributed by atoms with E-state index in [0.29, 0.717) is 10.6 Å². The van der Waals surface area contributed by atoms with Gasteiger partial charge in [-0.3, -0.25) is 14.4 Å². The van der Waals surface area contributed by atoms with Crippen molar-refractivity contribution in [1.82, 2.24) is 5.32 Å². The highest BCUT2D eigenvalue weighted by Crippen LogP contribution is 2.50. The predicted octanol–water partition coefficient (Wildman–Crippen LogP) is 3.59. The van der Waals surface area contributed by atoms with Gasteiger partial charge in [0.25, 0.3) is 5.91 Å². The van der Waals surface area contributed by atoms with E-state index < -0.39 is 17.8 Å². The lowest BCUT2D eigenvalue weighted by Crippen LogP contribution is -2.49. The monoisotopic (exact) mass is 416 g/mol. The molecule has 2 amide bonds. The zero-order chi connectivity index (χ0) is 20.1. The van der Waals surface area contributed by atoms with E-state index in [1.807, 2.05) is 0 Å². The maximum atomic E-state index is 13.3. The van der Waals surface area contributed by atoms with Crippen LogP contribution in [0.15, 0.2) is 0 Å². The van der Waals surface area contributed by atoms with Gasteiger partial charge in [-0.1, -0.05) is 0 Å². The first-order valence-electron chi connectivity index (χ1n) is 11.0. The Labute approximate surface area is 174 Å². The SMILES string of the molecule is O=C(NC1CC1)c1c(NC(=O)C2C3CCC(CC3)C2C(=O)O)sc2c1CCCC2. The maximum Gasteiger partial charge on any atom is 0.307 e. The number of carboxylic acids is 1. The van der Waals surface area contributed by atoms with E-state index in [2.05, 4.69) is 10.6 Å². The van der Waals surface area contributed by atoms with Crippen LogP contribution in [0.25, 0.3) is 0 Å². The molecule has 0 radical (unpaired) electrons. The highest BCUT2D eigenvalue weighted by Gasteiger charge is 2.50. The number of nitrogens with one attached hydrogen (secondary N) is 2. The number of amides is 2. The molecule has 7 heteroatoms. The number of hydrogen-bond donors (Lipinski definition) is 3. The summed E-state index contributed by atoms with van der Waals surface area (Å²) in [4.78, 5) is 39.4. The Kier molecular flexibility index (Phi) is 4.88. The summed E-state index contributed by atoms with van der Waals surface area (Å²) in [6.45, 7) is 0. The second kappa shape index (κ2) is 7.42. The van der Waals surface area contributed by atoms with Crippen molar-refractivity contribution in [3.8, 4) is 0 Å². The van der Waals surface area contributed by atoms with Gasteiger partial charge in [0.05, 0.1) is 17.4 Å². The second-order valence-electron chi connectivity index (χ2n) is 9.22. The Hall–Kier alpha value is -1.89. The highest BCUT2D eigenvalue weighted by atomic mass is 32.1. The molecular weight excluding hydrogens is 388 g/mol. The van der Waals surface area contributed by atoms with E-state index in [0.717, 1.165) is 69.8 Å². The minimum Gasteiger partial charge on any atom is -0.481 e. The third-order valence-corrected chi connectivity index (χ3v) is 8.56. The Morgan fingerprint density at radius 2 is 1.55 bits per heavy atom. The molecule has 6 nitrogen and oxygen atoms in total. The van der Waals surface area contributed by atoms with E-state index in [-0.39, 0.29) is 29.7 Å². The standard InChI is InChI=1S/C22H28N2O4S/c25-19(16-11-5-7-12(8-6-11)17(16)22(27)28)24-21-18(20(26)23-13-9-10-13)14-3-1-2-4-15(14)29-21/h11-13,16-17H,1-10H2,(H,23,26)(H,24,25)(H,27,28). The van der Waals surface area contributed by atoms with Crippen LogP contribution >= 0.6 is 11.3 Å². The molecule has 4 saturated carbocycles. The third kappa shape index (κ3) is 3.47. The van der Waals surface area contributed by atoms with E-state index in [9.17, 15) is 19.5 Å². The van der Waals surface area contributed by atoms with Crippen molar-refractivity contribution < 1.29 is 19.5 Å². The molecule has 1 aromatic heterocycles. The molecular formula is C22H28N2O4S. The Morgan fingerprint density at radius 3 is 2.21 bits per heavy atom. The maximum absolute atomic E-state index is 13.3. The number of thiophene rings is 1. The zero-order valence-electron chi connectivity index (χ0n) is 16.5. The van der Waals surface area contributed by atoms with Gasteiger partial charge < -0.3 is 15.7 Å². The first-order chi connectivity index (χ1) is 14.0. The van der Waals surface area contributed by atoms with E-state index in [4.69, 9.17) is 0 Å². The van der Waals surface area contributed by atoms with Crippen molar-refractivity contribution >= 4 is 34.1 Å². The Balaban J connectivity index is 1.43. The van der Waals surface area contributed by atoms with E-state index >= 15 is 0 Å². The molecule has 2 bridgehead atoms. The topological polar surface area (TPSA) is 95.5 Å². The van der Waals surface area contributed by atoms with Crippen LogP contribution in [0, 0.1) is 23.7 Å². The number of carboxylic acid groups (broad SMARTS) is 1. The fourth-order valence-corrected chi connectivity index (χ4v) is 7.05. The summed E-state index contributed by atoms with van der Waals surface area (Å²) >= 11 is 1.52. The van der Waals surface area contributed by atoms with Crippen LogP contribution in [-0.4, -0.2) is 28.9 Å². The fraction of sp³-hybridized carbons (Fsp3) is 0.682. The largest absolute Gasteiger partial charge is 0.481 e. The number of aliphatic carboxylic acids is 1. The molecule has 0 aliphatic heterocycles. The van der Waals surface area contributed by atoms with Crippen molar-refractivity contribution in [2.24, 2.45) is 23.7 Å². The minimum atomic E-state index is -0.850. The van der Waals surface area contributed by atoms with Crippen LogP contribution < -0.4 is 10.6 Å². The summed E-state index contributed by atoms with van der Waals surface area (Å²) in [6.07, 6.45) is 9.72. The average molecular weight is 417 g/mol. The number of rotatable bonds is 5. The van der Waals surface area contributed by atoms with Gasteiger partial charge in [-0.15, -0.1) is 11.3 Å². The number of anilines is 1. The van der Waals surface area contributed by atoms with Gasteiger partial charge in [-0.05, 0) is 81.6 Å². The van der Waals surface area contributed by atoms with E-state index in [1.165, 1.54) is 16.2 Å². The lowest BCUT2D eigenvalue weighted by atomic mass is 9.58. The van der Waals surface area contributed by atoms with Crippen LogP contribution in [0.5, 0.6) is 0 Å². The predicted molar refractivity (Wildman–Crippen MR) is 110 cm³/mol. The molecule has 29 heavy (non-hydrogen) atoms. The molecule has 1 aromatic rings. The molecule has 2 unspecified atom stereocenters. The number of fused-ring (bicyclic) bond motifs is 4. The fourth-order valence-electron chi connectivity index (χ4n) is 5.76. The number of hydrogen-bond acceptors (Lipinski definition) is 4. The normalized spacial score (nSPS) is 30.5. The summed E-state index contributed by atoms with van der Waals surface area (Å²) in [5, 5.41) is 16.5. The number of carbonyl (C=O) groups is 3. The van der Waals surface area contributed by atoms with Crippen LogP contribution in [0.3, 0.4) is 0 Å². The van der Waals surface area contributed by atoms with Crippen molar-refractivity contribution in [2.75, 3.05) is 5.32 Å². The first kappa shape index (κ1) is 19.1. The molecule has 4 fully saturated rings. The molecule has 1 heterocycles. The molecule has 3 N–H and O–H groups in total. The lowest BCUT2D eigenvalue weighted by molar-refractivity contribution is -0.156. The Morgan fingerprint density at radius 1 is 0.897 bits per heavy atom. The highest BCUT2D eigenvalue weighted by molar-refractivity contribution is 7.17. The van der Waals surface area contributed by atoms with Crippen LogP contribution in [0.4, 0.5) is 5.00 Å². The zero-order valence-corrected chi connectivity index (χ0v) is 17.4. The lowest BCUT2D eigenvalue weighted by Gasteiger charge is -2.45. The third-order valence-electron chi connectivity index (χ3n) is 7.35. The molecule has 5 aliphatic rings. The second-order valence-corrected chi connectivity index (χ2v) is 10.3. The molecule has 2 atom stereocenters. The average Bonchev–Trinajstić information content (AvgIpc) is 3.45. The molecule has 156 valence electrons. The Bertz CT molecular complexity index is 851. The first-order valence-corrected chi connectivity index (χ1v) is 11.8. The van der Waals surface area contributed by atoms with Gasteiger partial charge in [0, 0.05) is 10.9 Å². The van der Waals surface area contributed by atoms with Crippen LogP contribution in [0.1, 0.15) is 72.2 Å². The number of aryl methyl sites for hydroxylation is 1. The van der Waals surface area contributed by atoms with Gasteiger partial charge in [0.1, 0.15) is 5.00 Å². The molecule has 0 spiro atoms. The van der Waals surface area contributed by atoms with Crippen molar-refractivity contribution in [1.29, 1.82) is 0 Å². The minimum absolute atomic E-state index is 0.0813. The molecule has 0 saturated heterocycles. The summed E-state index contributed by atoms with van der Waals surface area (Å²) in [6, 6.07) is 0.260. The van der Waals surface area contributed by atoms with Crippen molar-refractivity contribution in [3.05, 3.63) is 16.0 Å². The van der Waals surface area contributed by atoms with Crippen molar-refractivity contribution in [3.63, 3.8) is 0 Å². The molecule has 6 rings (SSSR count). The quantitative estimate of drug-likeness (QED) is 0.683. The van der Waals surface area contributed by atoms with Crippen LogP contribution in [0.2, 0.25) is 0 Å². The summed E-state index contributed by atoms with van der Waals surface area (Å²) in [5.74, 6) is -1.98. The summed E-state index contributed by atoms with van der Waals surface area (Å²) in [7, 11) is 0. The van der Waals surface area contributed by atoms with Gasteiger partial charge >= 0.3 is 5.97 Å². The molecule has 0 aromatic carbocycles. The smallest absolute Gasteiger partial charge is 0.307 e. The van der Waals surface area contributed by atoms with Crippen molar-refractivity contribution in [2.45, 2.75) is 70.3 Å². The van der Waals surface area contributed by atoms with E-state index in [1.54, 1.807) is 0 Å². The van der Waals surface area contributed by atoms with Gasteiger partial charge in [-0.2, -0.15) is 0 Å². The van der Waals surface area contributed by atoms with Crippen LogP contribution in [-0.2, 0) is 22.4 Å². The number of carbonyl (C=O) groups excluding carboxylic acids is 2. The van der Waals surface area contributed by atoms with Gasteiger partial charge in [-0.25, -0.2) is 0 Å². The van der Waals surface area contributed by atoms with Gasteiger partial charge in [0.15, 0.2) is 0 Å².